The zero-order chi connectivity index (χ0) is 27.9. The molecule has 2 heterocycles. The molecule has 3 aliphatic rings. The molecule has 2 aliphatic heterocycles. The monoisotopic (exact) mass is 548 g/mol. The summed E-state index contributed by atoms with van der Waals surface area (Å²) in [5.41, 5.74) is 2.59. The number of morpholine rings is 1. The summed E-state index contributed by atoms with van der Waals surface area (Å²) in [7, 11) is 3.27. The summed E-state index contributed by atoms with van der Waals surface area (Å²) < 4.78 is 16.6. The molecule has 0 radical (unpaired) electrons. The van der Waals surface area contributed by atoms with Crippen molar-refractivity contribution in [3.05, 3.63) is 59.7 Å². The molecule has 40 heavy (non-hydrogen) atoms. The number of rotatable bonds is 10. The minimum absolute atomic E-state index is 0.000211. The SMILES string of the molecule is COc1cccc(C2=NN(C(=O)CN(CCN3CCOCC3)C(=O)C3CCCC3)[C@@H](c3ccccc3OC)C2)c1. The molecular formula is C31H40N4O5. The number of para-hydroxylation sites is 1. The van der Waals surface area contributed by atoms with Crippen LogP contribution in [0.3, 0.4) is 0 Å². The Bertz CT molecular complexity index is 1210. The van der Waals surface area contributed by atoms with Crippen LogP contribution in [0.15, 0.2) is 53.6 Å². The topological polar surface area (TPSA) is 83.9 Å². The molecule has 1 saturated carbocycles. The van der Waals surface area contributed by atoms with Crippen molar-refractivity contribution in [1.82, 2.24) is 14.8 Å². The third kappa shape index (κ3) is 6.47. The van der Waals surface area contributed by atoms with E-state index in [1.807, 2.05) is 48.5 Å². The average molecular weight is 549 g/mol. The van der Waals surface area contributed by atoms with Crippen LogP contribution in [-0.4, -0.2) is 92.5 Å². The van der Waals surface area contributed by atoms with E-state index < -0.39 is 0 Å². The van der Waals surface area contributed by atoms with Crippen LogP contribution in [-0.2, 0) is 14.3 Å². The molecule has 0 spiro atoms. The van der Waals surface area contributed by atoms with Crippen molar-refractivity contribution in [2.24, 2.45) is 11.0 Å². The molecule has 2 aromatic rings. The Labute approximate surface area is 236 Å². The first-order valence-corrected chi connectivity index (χ1v) is 14.3. The van der Waals surface area contributed by atoms with Gasteiger partial charge in [-0.3, -0.25) is 14.5 Å². The van der Waals surface area contributed by atoms with Gasteiger partial charge in [0.05, 0.1) is 39.2 Å². The molecule has 9 heteroatoms. The standard InChI is InChI=1S/C31H40N4O5/c1-38-25-11-7-10-24(20-25)27-21-28(26-12-5-6-13-29(26)39-2)35(32-27)30(36)22-34(31(37)23-8-3-4-9-23)15-14-33-16-18-40-19-17-33/h5-7,10-13,20,23,28H,3-4,8-9,14-19,21-22H2,1-2H3/t28-/m1/s1. The molecule has 0 N–H and O–H groups in total. The van der Waals surface area contributed by atoms with Crippen LogP contribution >= 0.6 is 0 Å². The predicted molar refractivity (Wildman–Crippen MR) is 153 cm³/mol. The van der Waals surface area contributed by atoms with E-state index in [1.165, 1.54) is 0 Å². The zero-order valence-corrected chi connectivity index (χ0v) is 23.6. The fraction of sp³-hybridized carbons (Fsp3) is 0.516. The summed E-state index contributed by atoms with van der Waals surface area (Å²) in [5.74, 6) is 1.33. The maximum atomic E-state index is 14.0. The van der Waals surface area contributed by atoms with Crippen molar-refractivity contribution in [2.45, 2.75) is 38.1 Å². The molecule has 9 nitrogen and oxygen atoms in total. The highest BCUT2D eigenvalue weighted by Gasteiger charge is 2.37. The Morgan fingerprint density at radius 2 is 1.80 bits per heavy atom. The largest absolute Gasteiger partial charge is 0.497 e. The minimum Gasteiger partial charge on any atom is -0.497 e. The molecule has 2 amide bonds. The summed E-state index contributed by atoms with van der Waals surface area (Å²) in [5, 5.41) is 6.42. The van der Waals surface area contributed by atoms with Gasteiger partial charge in [0.2, 0.25) is 5.91 Å². The summed E-state index contributed by atoms with van der Waals surface area (Å²) in [6, 6.07) is 15.1. The normalized spacial score (nSPS) is 19.9. The lowest BCUT2D eigenvalue weighted by molar-refractivity contribution is -0.144. The zero-order valence-electron chi connectivity index (χ0n) is 23.6. The number of carbonyl (C=O) groups is 2. The predicted octanol–water partition coefficient (Wildman–Crippen LogP) is 3.73. The Morgan fingerprint density at radius 3 is 2.55 bits per heavy atom. The second-order valence-corrected chi connectivity index (χ2v) is 10.7. The second-order valence-electron chi connectivity index (χ2n) is 10.7. The number of amides is 2. The van der Waals surface area contributed by atoms with Gasteiger partial charge < -0.3 is 19.1 Å². The van der Waals surface area contributed by atoms with Gasteiger partial charge in [0, 0.05) is 49.6 Å². The maximum absolute atomic E-state index is 14.0. The Morgan fingerprint density at radius 1 is 1.02 bits per heavy atom. The van der Waals surface area contributed by atoms with Crippen LogP contribution in [0.25, 0.3) is 0 Å². The van der Waals surface area contributed by atoms with E-state index in [-0.39, 0.29) is 30.3 Å². The Balaban J connectivity index is 1.41. The van der Waals surface area contributed by atoms with Crippen molar-refractivity contribution in [3.8, 4) is 11.5 Å². The number of hydrogen-bond acceptors (Lipinski definition) is 7. The van der Waals surface area contributed by atoms with E-state index in [2.05, 4.69) is 4.90 Å². The molecule has 5 rings (SSSR count). The van der Waals surface area contributed by atoms with Crippen molar-refractivity contribution in [2.75, 3.05) is 60.2 Å². The van der Waals surface area contributed by atoms with Gasteiger partial charge in [-0.25, -0.2) is 5.01 Å². The first-order chi connectivity index (χ1) is 19.6. The van der Waals surface area contributed by atoms with E-state index in [9.17, 15) is 9.59 Å². The van der Waals surface area contributed by atoms with Crippen LogP contribution in [0.2, 0.25) is 0 Å². The molecule has 2 aromatic carbocycles. The number of ether oxygens (including phenoxy) is 3. The van der Waals surface area contributed by atoms with E-state index in [0.717, 1.165) is 67.9 Å². The van der Waals surface area contributed by atoms with E-state index in [4.69, 9.17) is 19.3 Å². The van der Waals surface area contributed by atoms with Crippen LogP contribution < -0.4 is 9.47 Å². The molecule has 214 valence electrons. The highest BCUT2D eigenvalue weighted by molar-refractivity contribution is 6.03. The average Bonchev–Trinajstić information content (AvgIpc) is 3.71. The van der Waals surface area contributed by atoms with Crippen LogP contribution in [0, 0.1) is 5.92 Å². The number of carbonyl (C=O) groups excluding carboxylic acids is 2. The quantitative estimate of drug-likeness (QED) is 0.450. The highest BCUT2D eigenvalue weighted by Crippen LogP contribution is 2.38. The van der Waals surface area contributed by atoms with E-state index in [1.54, 1.807) is 24.1 Å². The molecule has 1 saturated heterocycles. The Hall–Kier alpha value is -3.43. The first-order valence-electron chi connectivity index (χ1n) is 14.3. The molecule has 0 bridgehead atoms. The maximum Gasteiger partial charge on any atom is 0.262 e. The molecule has 1 aliphatic carbocycles. The lowest BCUT2D eigenvalue weighted by Gasteiger charge is -2.32. The van der Waals surface area contributed by atoms with Gasteiger partial charge in [0.15, 0.2) is 0 Å². The van der Waals surface area contributed by atoms with Gasteiger partial charge in [-0.15, -0.1) is 0 Å². The third-order valence-corrected chi connectivity index (χ3v) is 8.20. The molecule has 2 fully saturated rings. The Kier molecular flexibility index (Phi) is 9.34. The highest BCUT2D eigenvalue weighted by atomic mass is 16.5. The minimum atomic E-state index is -0.340. The number of hydrogen-bond donors (Lipinski definition) is 0. The lowest BCUT2D eigenvalue weighted by Crippen LogP contribution is -2.48. The summed E-state index contributed by atoms with van der Waals surface area (Å²) in [4.78, 5) is 31.7. The fourth-order valence-electron chi connectivity index (χ4n) is 5.92. The van der Waals surface area contributed by atoms with Gasteiger partial charge in [0.25, 0.3) is 5.91 Å². The van der Waals surface area contributed by atoms with Crippen LogP contribution in [0.4, 0.5) is 0 Å². The fourth-order valence-corrected chi connectivity index (χ4v) is 5.92. The number of hydrazone groups is 1. The molecule has 0 unspecified atom stereocenters. The van der Waals surface area contributed by atoms with Crippen molar-refractivity contribution >= 4 is 17.5 Å². The number of benzene rings is 2. The molecule has 1 atom stereocenters. The van der Waals surface area contributed by atoms with Gasteiger partial charge >= 0.3 is 0 Å². The number of nitrogens with zero attached hydrogens (tertiary/aromatic N) is 4. The molecule has 0 aromatic heterocycles. The van der Waals surface area contributed by atoms with Crippen LogP contribution in [0.1, 0.15) is 49.3 Å². The molecular weight excluding hydrogens is 508 g/mol. The second kappa shape index (κ2) is 13.3. The summed E-state index contributed by atoms with van der Waals surface area (Å²) in [6.45, 7) is 4.33. The summed E-state index contributed by atoms with van der Waals surface area (Å²) >= 11 is 0. The van der Waals surface area contributed by atoms with Crippen LogP contribution in [0.5, 0.6) is 11.5 Å². The first kappa shape index (κ1) is 28.1. The van der Waals surface area contributed by atoms with Crippen molar-refractivity contribution < 1.29 is 23.8 Å². The smallest absolute Gasteiger partial charge is 0.262 e. The van der Waals surface area contributed by atoms with E-state index >= 15 is 0 Å². The third-order valence-electron chi connectivity index (χ3n) is 8.20. The summed E-state index contributed by atoms with van der Waals surface area (Å²) in [6.07, 6.45) is 4.46. The van der Waals surface area contributed by atoms with Gasteiger partial charge in [0.1, 0.15) is 18.0 Å². The van der Waals surface area contributed by atoms with Gasteiger partial charge in [-0.05, 0) is 31.0 Å². The van der Waals surface area contributed by atoms with Crippen molar-refractivity contribution in [1.29, 1.82) is 0 Å². The number of methoxy groups -OCH3 is 2. The van der Waals surface area contributed by atoms with Gasteiger partial charge in [-0.1, -0.05) is 43.2 Å². The van der Waals surface area contributed by atoms with E-state index in [0.29, 0.717) is 31.9 Å². The lowest BCUT2D eigenvalue weighted by atomic mass is 9.97. The van der Waals surface area contributed by atoms with Gasteiger partial charge in [-0.2, -0.15) is 5.10 Å². The van der Waals surface area contributed by atoms with Crippen molar-refractivity contribution in [3.63, 3.8) is 0 Å².